The molecular formula is C12H22N2O. The van der Waals surface area contributed by atoms with Gasteiger partial charge < -0.3 is 9.80 Å². The quantitative estimate of drug-likeness (QED) is 0.686. The Labute approximate surface area is 92.4 Å². The molecule has 3 heteroatoms. The third-order valence-electron chi connectivity index (χ3n) is 4.24. The normalized spacial score (nSPS) is 26.5. The topological polar surface area (TPSA) is 23.6 Å². The molecule has 2 heterocycles. The minimum atomic E-state index is 0.0294. The number of carbonyl (C=O) groups excluding carboxylic acids is 1. The number of rotatable bonds is 2. The van der Waals surface area contributed by atoms with Crippen molar-refractivity contribution >= 4 is 5.91 Å². The van der Waals surface area contributed by atoms with Crippen LogP contribution < -0.4 is 0 Å². The molecule has 0 radical (unpaired) electrons. The Morgan fingerprint density at radius 1 is 1.07 bits per heavy atom. The molecule has 0 aromatic rings. The molecule has 0 saturated carbocycles. The molecule has 0 atom stereocenters. The van der Waals surface area contributed by atoms with Crippen LogP contribution in [0.3, 0.4) is 0 Å². The van der Waals surface area contributed by atoms with Crippen LogP contribution in [0.4, 0.5) is 0 Å². The van der Waals surface area contributed by atoms with Gasteiger partial charge >= 0.3 is 0 Å². The van der Waals surface area contributed by atoms with E-state index in [2.05, 4.69) is 18.7 Å². The van der Waals surface area contributed by atoms with E-state index in [1.165, 1.54) is 0 Å². The molecule has 2 aliphatic rings. The standard InChI is InChI=1S/C12H22N2O/c1-3-13-8-5-12(6-9-13)7-10-14(4-2)11(12)15/h3-10H2,1-2H3. The lowest BCUT2D eigenvalue weighted by atomic mass is 9.77. The highest BCUT2D eigenvalue weighted by atomic mass is 16.2. The first-order valence-corrected chi connectivity index (χ1v) is 6.23. The number of hydrogen-bond acceptors (Lipinski definition) is 2. The second kappa shape index (κ2) is 4.12. The second-order valence-electron chi connectivity index (χ2n) is 4.85. The van der Waals surface area contributed by atoms with Crippen LogP contribution >= 0.6 is 0 Å². The van der Waals surface area contributed by atoms with Crippen molar-refractivity contribution in [3.63, 3.8) is 0 Å². The third-order valence-corrected chi connectivity index (χ3v) is 4.24. The molecule has 2 saturated heterocycles. The second-order valence-corrected chi connectivity index (χ2v) is 4.85. The van der Waals surface area contributed by atoms with Crippen molar-refractivity contribution in [3.05, 3.63) is 0 Å². The van der Waals surface area contributed by atoms with Crippen molar-refractivity contribution in [1.82, 2.24) is 9.80 Å². The molecule has 86 valence electrons. The van der Waals surface area contributed by atoms with E-state index in [0.717, 1.165) is 52.0 Å². The highest BCUT2D eigenvalue weighted by Gasteiger charge is 2.47. The number of hydrogen-bond donors (Lipinski definition) is 0. The summed E-state index contributed by atoms with van der Waals surface area (Å²) in [7, 11) is 0. The predicted octanol–water partition coefficient (Wildman–Crippen LogP) is 1.34. The molecule has 0 aliphatic carbocycles. The van der Waals surface area contributed by atoms with Crippen molar-refractivity contribution in [2.45, 2.75) is 33.1 Å². The van der Waals surface area contributed by atoms with Gasteiger partial charge in [0.2, 0.25) is 5.91 Å². The molecule has 0 aromatic heterocycles. The fourth-order valence-electron chi connectivity index (χ4n) is 2.96. The lowest BCUT2D eigenvalue weighted by Gasteiger charge is -2.37. The number of amides is 1. The highest BCUT2D eigenvalue weighted by molar-refractivity contribution is 5.85. The van der Waals surface area contributed by atoms with E-state index in [1.807, 2.05) is 4.90 Å². The van der Waals surface area contributed by atoms with Crippen LogP contribution in [-0.2, 0) is 4.79 Å². The van der Waals surface area contributed by atoms with Crippen LogP contribution in [0, 0.1) is 5.41 Å². The Morgan fingerprint density at radius 2 is 1.67 bits per heavy atom. The zero-order chi connectivity index (χ0) is 10.9. The van der Waals surface area contributed by atoms with Gasteiger partial charge in [0, 0.05) is 13.1 Å². The smallest absolute Gasteiger partial charge is 0.228 e. The lowest BCUT2D eigenvalue weighted by Crippen LogP contribution is -2.44. The Kier molecular flexibility index (Phi) is 3.01. The summed E-state index contributed by atoms with van der Waals surface area (Å²) >= 11 is 0. The van der Waals surface area contributed by atoms with E-state index in [4.69, 9.17) is 0 Å². The van der Waals surface area contributed by atoms with Gasteiger partial charge in [0.15, 0.2) is 0 Å². The van der Waals surface area contributed by atoms with Crippen molar-refractivity contribution < 1.29 is 4.79 Å². The van der Waals surface area contributed by atoms with Gasteiger partial charge in [0.05, 0.1) is 5.41 Å². The average Bonchev–Trinajstić information content (AvgIpc) is 2.58. The van der Waals surface area contributed by atoms with Gasteiger partial charge in [-0.3, -0.25) is 4.79 Å². The molecule has 2 aliphatic heterocycles. The first-order chi connectivity index (χ1) is 7.22. The maximum atomic E-state index is 12.2. The first-order valence-electron chi connectivity index (χ1n) is 6.23. The Bertz CT molecular complexity index is 244. The van der Waals surface area contributed by atoms with Crippen molar-refractivity contribution in [1.29, 1.82) is 0 Å². The summed E-state index contributed by atoms with van der Waals surface area (Å²) in [4.78, 5) is 16.7. The van der Waals surface area contributed by atoms with E-state index >= 15 is 0 Å². The summed E-state index contributed by atoms with van der Waals surface area (Å²) in [5, 5.41) is 0. The summed E-state index contributed by atoms with van der Waals surface area (Å²) in [6.45, 7) is 9.51. The molecule has 0 unspecified atom stereocenters. The van der Waals surface area contributed by atoms with Gasteiger partial charge in [-0.1, -0.05) is 6.92 Å². The van der Waals surface area contributed by atoms with Gasteiger partial charge in [-0.25, -0.2) is 0 Å². The van der Waals surface area contributed by atoms with Gasteiger partial charge in [-0.05, 0) is 45.8 Å². The largest absolute Gasteiger partial charge is 0.342 e. The monoisotopic (exact) mass is 210 g/mol. The summed E-state index contributed by atoms with van der Waals surface area (Å²) in [5.41, 5.74) is 0.0294. The summed E-state index contributed by atoms with van der Waals surface area (Å²) in [5.74, 6) is 0.431. The molecule has 15 heavy (non-hydrogen) atoms. The maximum absolute atomic E-state index is 12.2. The van der Waals surface area contributed by atoms with Gasteiger partial charge in [0.1, 0.15) is 0 Å². The zero-order valence-electron chi connectivity index (χ0n) is 9.96. The van der Waals surface area contributed by atoms with Crippen LogP contribution in [0.15, 0.2) is 0 Å². The minimum Gasteiger partial charge on any atom is -0.342 e. The third kappa shape index (κ3) is 1.78. The SMILES string of the molecule is CCN1CCC2(CC1)CCN(CC)C2=O. The van der Waals surface area contributed by atoms with Gasteiger partial charge in [0.25, 0.3) is 0 Å². The highest BCUT2D eigenvalue weighted by Crippen LogP contribution is 2.41. The van der Waals surface area contributed by atoms with Crippen LogP contribution in [0.2, 0.25) is 0 Å². The fraction of sp³-hybridized carbons (Fsp3) is 0.917. The van der Waals surface area contributed by atoms with E-state index in [1.54, 1.807) is 0 Å². The van der Waals surface area contributed by atoms with Gasteiger partial charge in [-0.2, -0.15) is 0 Å². The molecular weight excluding hydrogens is 188 g/mol. The van der Waals surface area contributed by atoms with Gasteiger partial charge in [-0.15, -0.1) is 0 Å². The Morgan fingerprint density at radius 3 is 2.13 bits per heavy atom. The number of carbonyl (C=O) groups is 1. The maximum Gasteiger partial charge on any atom is 0.228 e. The number of piperidine rings is 1. The first kappa shape index (κ1) is 10.9. The van der Waals surface area contributed by atoms with Crippen molar-refractivity contribution in [2.24, 2.45) is 5.41 Å². The van der Waals surface area contributed by atoms with Crippen LogP contribution in [-0.4, -0.2) is 48.4 Å². The predicted molar refractivity (Wildman–Crippen MR) is 60.7 cm³/mol. The Hall–Kier alpha value is -0.570. The molecule has 2 rings (SSSR count). The number of nitrogens with zero attached hydrogens (tertiary/aromatic N) is 2. The zero-order valence-corrected chi connectivity index (χ0v) is 9.96. The lowest BCUT2D eigenvalue weighted by molar-refractivity contribution is -0.138. The average molecular weight is 210 g/mol. The summed E-state index contributed by atoms with van der Waals surface area (Å²) < 4.78 is 0. The van der Waals surface area contributed by atoms with E-state index in [-0.39, 0.29) is 5.41 Å². The molecule has 2 fully saturated rings. The van der Waals surface area contributed by atoms with Crippen LogP contribution in [0.5, 0.6) is 0 Å². The van der Waals surface area contributed by atoms with Crippen LogP contribution in [0.25, 0.3) is 0 Å². The van der Waals surface area contributed by atoms with Crippen molar-refractivity contribution in [3.8, 4) is 0 Å². The fourth-order valence-corrected chi connectivity index (χ4v) is 2.96. The molecule has 0 aromatic carbocycles. The van der Waals surface area contributed by atoms with E-state index in [0.29, 0.717) is 5.91 Å². The molecule has 3 nitrogen and oxygen atoms in total. The minimum absolute atomic E-state index is 0.0294. The molecule has 0 N–H and O–H groups in total. The van der Waals surface area contributed by atoms with Crippen LogP contribution in [0.1, 0.15) is 33.1 Å². The Balaban J connectivity index is 2.01. The number of likely N-dealkylation sites (tertiary alicyclic amines) is 2. The molecule has 1 spiro atoms. The van der Waals surface area contributed by atoms with Crippen molar-refractivity contribution in [2.75, 3.05) is 32.7 Å². The summed E-state index contributed by atoms with van der Waals surface area (Å²) in [6, 6.07) is 0. The molecule has 0 bridgehead atoms. The summed E-state index contributed by atoms with van der Waals surface area (Å²) in [6.07, 6.45) is 3.25. The molecule has 1 amide bonds. The van der Waals surface area contributed by atoms with E-state index < -0.39 is 0 Å². The van der Waals surface area contributed by atoms with E-state index in [9.17, 15) is 4.79 Å².